The Labute approximate surface area is 159 Å². The lowest BCUT2D eigenvalue weighted by Crippen LogP contribution is -2.37. The molecule has 4 N–H and O–H groups in total. The highest BCUT2D eigenvalue weighted by molar-refractivity contribution is 5.97. The van der Waals surface area contributed by atoms with E-state index in [0.29, 0.717) is 35.7 Å². The Balaban J connectivity index is 2.12. The van der Waals surface area contributed by atoms with Gasteiger partial charge in [0.1, 0.15) is 18.2 Å². The lowest BCUT2D eigenvalue weighted by Gasteiger charge is -2.24. The van der Waals surface area contributed by atoms with Crippen LogP contribution in [0, 0.1) is 0 Å². The maximum atomic E-state index is 12.6. The number of aliphatic hydroxyl groups is 1. The van der Waals surface area contributed by atoms with Crippen LogP contribution in [0.15, 0.2) is 23.1 Å². The molecule has 0 aliphatic carbocycles. The number of nitrogens with one attached hydrogen (secondary N) is 2. The van der Waals surface area contributed by atoms with Crippen molar-refractivity contribution in [3.05, 3.63) is 56.6 Å². The molecule has 2 aromatic rings. The summed E-state index contributed by atoms with van der Waals surface area (Å²) >= 11 is 0. The Hall–Kier alpha value is -3.24. The molecule has 0 spiro atoms. The first-order valence-corrected chi connectivity index (χ1v) is 8.46. The van der Waals surface area contributed by atoms with Crippen LogP contribution >= 0.6 is 0 Å². The summed E-state index contributed by atoms with van der Waals surface area (Å²) in [7, 11) is 1.45. The molecule has 2 aromatic heterocycles. The molecule has 0 saturated heterocycles. The number of hydrogen-bond acceptors (Lipinski definition) is 7. The summed E-state index contributed by atoms with van der Waals surface area (Å²) in [4.78, 5) is 42.6. The first kappa shape index (κ1) is 19.5. The number of nitrogens with zero attached hydrogens (tertiary/aromatic N) is 1. The first-order valence-electron chi connectivity index (χ1n) is 8.46. The van der Waals surface area contributed by atoms with Gasteiger partial charge < -0.3 is 30.0 Å². The molecule has 3 heterocycles. The zero-order valence-corrected chi connectivity index (χ0v) is 15.0. The number of hydrogen-bond donors (Lipinski definition) is 4. The van der Waals surface area contributed by atoms with Crippen molar-refractivity contribution < 1.29 is 29.3 Å². The summed E-state index contributed by atoms with van der Waals surface area (Å²) in [6, 6.07) is 3.10. The normalized spacial score (nSPS) is 14.1. The van der Waals surface area contributed by atoms with Gasteiger partial charge in [-0.15, -0.1) is 0 Å². The van der Waals surface area contributed by atoms with Gasteiger partial charge in [-0.2, -0.15) is 0 Å². The van der Waals surface area contributed by atoms with Gasteiger partial charge in [0.25, 0.3) is 11.5 Å². The molecule has 10 heteroatoms. The number of carbonyl (C=O) groups excluding carboxylic acids is 1. The number of rotatable bonds is 6. The van der Waals surface area contributed by atoms with Crippen LogP contribution in [0.1, 0.15) is 38.8 Å². The molecule has 148 valence electrons. The van der Waals surface area contributed by atoms with Crippen LogP contribution in [0.2, 0.25) is 0 Å². The molecule has 1 aliphatic rings. The highest BCUT2D eigenvalue weighted by Gasteiger charge is 2.29. The van der Waals surface area contributed by atoms with Crippen LogP contribution in [0.3, 0.4) is 0 Å². The zero-order chi connectivity index (χ0) is 20.3. The number of carboxylic acid groups (broad SMARTS) is 1. The smallest absolute Gasteiger partial charge is 0.322 e. The number of methoxy groups -OCH3 is 1. The SMILES string of the molecule is COc1ccc(C(O)c2c3c([nH]c(=O)c2C(=O)NCC(=O)O)CCOC3)cn1. The molecule has 10 nitrogen and oxygen atoms in total. The first-order chi connectivity index (χ1) is 13.4. The number of carbonyl (C=O) groups is 2. The number of H-pyrrole nitrogens is 1. The third kappa shape index (κ3) is 3.87. The van der Waals surface area contributed by atoms with E-state index in [9.17, 15) is 19.5 Å². The van der Waals surface area contributed by atoms with Crippen molar-refractivity contribution in [1.29, 1.82) is 0 Å². The number of ether oxygens (including phenoxy) is 2. The molecular formula is C18H19N3O7. The number of aromatic amines is 1. The van der Waals surface area contributed by atoms with Crippen molar-refractivity contribution >= 4 is 11.9 Å². The summed E-state index contributed by atoms with van der Waals surface area (Å²) in [5, 5.41) is 21.9. The quantitative estimate of drug-likeness (QED) is 0.528. The van der Waals surface area contributed by atoms with E-state index in [-0.39, 0.29) is 17.7 Å². The number of aliphatic hydroxyl groups excluding tert-OH is 1. The van der Waals surface area contributed by atoms with Crippen molar-refractivity contribution in [2.24, 2.45) is 0 Å². The molecule has 0 bridgehead atoms. The number of aliphatic carboxylic acids is 1. The predicted molar refractivity (Wildman–Crippen MR) is 95.2 cm³/mol. The fraction of sp³-hybridized carbons (Fsp3) is 0.333. The number of pyridine rings is 2. The average molecular weight is 389 g/mol. The predicted octanol–water partition coefficient (Wildman–Crippen LogP) is -0.253. The minimum Gasteiger partial charge on any atom is -0.481 e. The third-order valence-electron chi connectivity index (χ3n) is 4.38. The molecule has 1 atom stereocenters. The maximum absolute atomic E-state index is 12.6. The highest BCUT2D eigenvalue weighted by atomic mass is 16.5. The van der Waals surface area contributed by atoms with Gasteiger partial charge in [0.2, 0.25) is 5.88 Å². The lowest BCUT2D eigenvalue weighted by atomic mass is 9.91. The molecule has 1 aliphatic heterocycles. The van der Waals surface area contributed by atoms with Gasteiger partial charge in [-0.1, -0.05) is 0 Å². The van der Waals surface area contributed by atoms with Crippen molar-refractivity contribution in [2.45, 2.75) is 19.1 Å². The van der Waals surface area contributed by atoms with E-state index in [1.165, 1.54) is 13.3 Å². The Kier molecular flexibility index (Phi) is 5.71. The van der Waals surface area contributed by atoms with Gasteiger partial charge in [-0.3, -0.25) is 14.4 Å². The summed E-state index contributed by atoms with van der Waals surface area (Å²) < 4.78 is 10.4. The lowest BCUT2D eigenvalue weighted by molar-refractivity contribution is -0.135. The van der Waals surface area contributed by atoms with Gasteiger partial charge in [-0.05, 0) is 6.07 Å². The third-order valence-corrected chi connectivity index (χ3v) is 4.38. The molecular weight excluding hydrogens is 370 g/mol. The summed E-state index contributed by atoms with van der Waals surface area (Å²) in [5.41, 5.74) is 0.420. The molecule has 0 saturated carbocycles. The van der Waals surface area contributed by atoms with E-state index in [2.05, 4.69) is 15.3 Å². The summed E-state index contributed by atoms with van der Waals surface area (Å²) in [6.45, 7) is -0.167. The van der Waals surface area contributed by atoms with Crippen LogP contribution in [-0.2, 0) is 22.6 Å². The minimum absolute atomic E-state index is 0.0771. The van der Waals surface area contributed by atoms with Crippen molar-refractivity contribution in [1.82, 2.24) is 15.3 Å². The van der Waals surface area contributed by atoms with E-state index in [1.807, 2.05) is 0 Å². The summed E-state index contributed by atoms with van der Waals surface area (Å²) in [5.74, 6) is -1.81. The van der Waals surface area contributed by atoms with Crippen LogP contribution in [0.4, 0.5) is 0 Å². The standard InChI is InChI=1S/C18H19N3O7/c1-27-12-3-2-9(6-19-12)16(24)14-10-8-28-5-4-11(10)21-18(26)15(14)17(25)20-7-13(22)23/h2-3,6,16,24H,4-5,7-8H2,1H3,(H,20,25)(H,21,26)(H,22,23). The van der Waals surface area contributed by atoms with Crippen LogP contribution in [0.5, 0.6) is 5.88 Å². The average Bonchev–Trinajstić information content (AvgIpc) is 2.70. The highest BCUT2D eigenvalue weighted by Crippen LogP contribution is 2.30. The summed E-state index contributed by atoms with van der Waals surface area (Å²) in [6.07, 6.45) is 0.448. The fourth-order valence-corrected chi connectivity index (χ4v) is 3.05. The monoisotopic (exact) mass is 389 g/mol. The Morgan fingerprint density at radius 1 is 1.43 bits per heavy atom. The molecule has 1 unspecified atom stereocenters. The largest absolute Gasteiger partial charge is 0.481 e. The second kappa shape index (κ2) is 8.19. The topological polar surface area (TPSA) is 151 Å². The fourth-order valence-electron chi connectivity index (χ4n) is 3.05. The Morgan fingerprint density at radius 3 is 2.86 bits per heavy atom. The second-order valence-electron chi connectivity index (χ2n) is 6.12. The molecule has 0 fully saturated rings. The second-order valence-corrected chi connectivity index (χ2v) is 6.12. The number of fused-ring (bicyclic) bond motifs is 1. The molecule has 0 radical (unpaired) electrons. The maximum Gasteiger partial charge on any atom is 0.322 e. The molecule has 3 rings (SSSR count). The molecule has 0 aromatic carbocycles. The molecule has 28 heavy (non-hydrogen) atoms. The van der Waals surface area contributed by atoms with Crippen LogP contribution in [-0.4, -0.2) is 52.3 Å². The minimum atomic E-state index is -1.35. The van der Waals surface area contributed by atoms with E-state index in [4.69, 9.17) is 14.6 Å². The van der Waals surface area contributed by atoms with Gasteiger partial charge in [0.05, 0.1) is 20.3 Å². The Bertz CT molecular complexity index is 953. The Morgan fingerprint density at radius 2 is 2.21 bits per heavy atom. The number of amides is 1. The zero-order valence-electron chi connectivity index (χ0n) is 15.0. The van der Waals surface area contributed by atoms with E-state index >= 15 is 0 Å². The van der Waals surface area contributed by atoms with Crippen molar-refractivity contribution in [3.63, 3.8) is 0 Å². The van der Waals surface area contributed by atoms with Gasteiger partial charge >= 0.3 is 5.97 Å². The van der Waals surface area contributed by atoms with Crippen molar-refractivity contribution in [3.8, 4) is 5.88 Å². The van der Waals surface area contributed by atoms with Crippen molar-refractivity contribution in [2.75, 3.05) is 20.3 Å². The van der Waals surface area contributed by atoms with Crippen LogP contribution in [0.25, 0.3) is 0 Å². The van der Waals surface area contributed by atoms with Gasteiger partial charge in [0, 0.05) is 41.1 Å². The van der Waals surface area contributed by atoms with Gasteiger partial charge in [-0.25, -0.2) is 4.98 Å². The number of carboxylic acids is 1. The van der Waals surface area contributed by atoms with E-state index in [0.717, 1.165) is 0 Å². The molecule has 1 amide bonds. The van der Waals surface area contributed by atoms with Gasteiger partial charge in [0.15, 0.2) is 0 Å². The van der Waals surface area contributed by atoms with E-state index < -0.39 is 30.1 Å². The van der Waals surface area contributed by atoms with E-state index in [1.54, 1.807) is 12.1 Å². The number of aromatic nitrogens is 2. The van der Waals surface area contributed by atoms with Crippen LogP contribution < -0.4 is 15.6 Å².